The molecule has 0 bridgehead atoms. The second kappa shape index (κ2) is 7.22. The van der Waals surface area contributed by atoms with Gasteiger partial charge < -0.3 is 5.32 Å². The third kappa shape index (κ3) is 4.65. The Morgan fingerprint density at radius 1 is 1.36 bits per heavy atom. The van der Waals surface area contributed by atoms with E-state index in [1.165, 1.54) is 21.9 Å². The summed E-state index contributed by atoms with van der Waals surface area (Å²) < 4.78 is 26.8. The Bertz CT molecular complexity index is 872. The minimum absolute atomic E-state index is 0.105. The fourth-order valence-corrected chi connectivity index (χ4v) is 4.21. The number of nitrogens with one attached hydrogen (secondary N) is 1. The number of sulfonamides is 1. The first kappa shape index (κ1) is 18.0. The van der Waals surface area contributed by atoms with Gasteiger partial charge in [0.05, 0.1) is 47.9 Å². The highest BCUT2D eigenvalue weighted by atomic mass is 32.2. The Morgan fingerprint density at radius 2 is 2.16 bits per heavy atom. The van der Waals surface area contributed by atoms with Gasteiger partial charge in [-0.05, 0) is 19.4 Å². The average molecular weight is 383 g/mol. The van der Waals surface area contributed by atoms with E-state index in [1.54, 1.807) is 0 Å². The SMILES string of the molecule is Cc1nc(CC(=O)NCc2cc3n(n2)CCCN(S(C)(=O)=O)C3)cs1. The van der Waals surface area contributed by atoms with Crippen molar-refractivity contribution in [1.82, 2.24) is 24.4 Å². The molecule has 3 rings (SSSR count). The number of aromatic nitrogens is 3. The van der Waals surface area contributed by atoms with E-state index in [0.717, 1.165) is 28.5 Å². The van der Waals surface area contributed by atoms with Crippen molar-refractivity contribution < 1.29 is 13.2 Å². The predicted octanol–water partition coefficient (Wildman–Crippen LogP) is 0.672. The Hall–Kier alpha value is -1.78. The fraction of sp³-hybridized carbons (Fsp3) is 0.533. The first-order chi connectivity index (χ1) is 11.8. The zero-order chi connectivity index (χ0) is 18.0. The van der Waals surface area contributed by atoms with E-state index in [1.807, 2.05) is 23.1 Å². The Kier molecular flexibility index (Phi) is 5.21. The van der Waals surface area contributed by atoms with E-state index < -0.39 is 10.0 Å². The zero-order valence-corrected chi connectivity index (χ0v) is 15.9. The molecule has 25 heavy (non-hydrogen) atoms. The van der Waals surface area contributed by atoms with Crippen LogP contribution in [-0.2, 0) is 40.9 Å². The van der Waals surface area contributed by atoms with Crippen molar-refractivity contribution in [2.45, 2.75) is 39.4 Å². The van der Waals surface area contributed by atoms with Crippen molar-refractivity contribution in [3.05, 3.63) is 33.5 Å². The van der Waals surface area contributed by atoms with Crippen LogP contribution in [-0.4, -0.2) is 46.2 Å². The topological polar surface area (TPSA) is 97.2 Å². The van der Waals surface area contributed by atoms with Gasteiger partial charge in [-0.15, -0.1) is 11.3 Å². The standard InChI is InChI=1S/C15H21N5O3S2/c1-11-17-13(10-24-11)7-15(21)16-8-12-6-14-9-19(25(2,22)23)4-3-5-20(14)18-12/h6,10H,3-5,7-9H2,1-2H3,(H,16,21). The molecule has 1 aliphatic rings. The molecule has 1 amide bonds. The predicted molar refractivity (Wildman–Crippen MR) is 94.5 cm³/mol. The molecule has 2 aromatic rings. The molecule has 0 unspecified atom stereocenters. The number of fused-ring (bicyclic) bond motifs is 1. The van der Waals surface area contributed by atoms with Crippen LogP contribution in [0.25, 0.3) is 0 Å². The Morgan fingerprint density at radius 3 is 2.84 bits per heavy atom. The summed E-state index contributed by atoms with van der Waals surface area (Å²) in [5.74, 6) is -0.105. The summed E-state index contributed by atoms with van der Waals surface area (Å²) >= 11 is 1.52. The van der Waals surface area contributed by atoms with E-state index in [9.17, 15) is 13.2 Å². The summed E-state index contributed by atoms with van der Waals surface area (Å²) in [6, 6.07) is 1.86. The van der Waals surface area contributed by atoms with Crippen LogP contribution in [0.3, 0.4) is 0 Å². The lowest BCUT2D eigenvalue weighted by Gasteiger charge is -2.16. The number of carbonyl (C=O) groups is 1. The summed E-state index contributed by atoms with van der Waals surface area (Å²) in [5.41, 5.74) is 2.35. The normalized spacial score (nSPS) is 15.6. The summed E-state index contributed by atoms with van der Waals surface area (Å²) in [6.07, 6.45) is 2.19. The number of thiazole rings is 1. The molecule has 3 heterocycles. The quantitative estimate of drug-likeness (QED) is 0.819. The van der Waals surface area contributed by atoms with Gasteiger partial charge in [0, 0.05) is 18.5 Å². The Labute approximate surface area is 150 Å². The van der Waals surface area contributed by atoms with Gasteiger partial charge in [0.2, 0.25) is 15.9 Å². The molecular formula is C15H21N5O3S2. The van der Waals surface area contributed by atoms with Gasteiger partial charge in [0.1, 0.15) is 0 Å². The van der Waals surface area contributed by atoms with Crippen LogP contribution >= 0.6 is 11.3 Å². The Balaban J connectivity index is 1.60. The highest BCUT2D eigenvalue weighted by Crippen LogP contribution is 2.16. The van der Waals surface area contributed by atoms with E-state index >= 15 is 0 Å². The molecule has 0 saturated carbocycles. The first-order valence-corrected chi connectivity index (χ1v) is 10.7. The maximum Gasteiger partial charge on any atom is 0.226 e. The lowest BCUT2D eigenvalue weighted by atomic mass is 10.3. The van der Waals surface area contributed by atoms with Gasteiger partial charge in [0.25, 0.3) is 0 Å². The smallest absolute Gasteiger partial charge is 0.226 e. The van der Waals surface area contributed by atoms with Crippen molar-refractivity contribution in [2.75, 3.05) is 12.8 Å². The van der Waals surface area contributed by atoms with Gasteiger partial charge in [-0.25, -0.2) is 13.4 Å². The van der Waals surface area contributed by atoms with Crippen LogP contribution in [0.1, 0.15) is 28.5 Å². The molecule has 0 aliphatic carbocycles. The van der Waals surface area contributed by atoms with Crippen molar-refractivity contribution in [3.63, 3.8) is 0 Å². The third-order valence-corrected chi connectivity index (χ3v) is 6.05. The molecular weight excluding hydrogens is 362 g/mol. The number of amides is 1. The van der Waals surface area contributed by atoms with Crippen LogP contribution in [0.5, 0.6) is 0 Å². The molecule has 8 nitrogen and oxygen atoms in total. The van der Waals surface area contributed by atoms with E-state index in [2.05, 4.69) is 15.4 Å². The minimum atomic E-state index is -3.22. The lowest BCUT2D eigenvalue weighted by molar-refractivity contribution is -0.120. The highest BCUT2D eigenvalue weighted by Gasteiger charge is 2.22. The molecule has 0 spiro atoms. The largest absolute Gasteiger partial charge is 0.350 e. The molecule has 0 atom stereocenters. The average Bonchev–Trinajstić information content (AvgIpc) is 3.04. The maximum absolute atomic E-state index is 12.0. The van der Waals surface area contributed by atoms with E-state index in [-0.39, 0.29) is 12.3 Å². The van der Waals surface area contributed by atoms with Crippen molar-refractivity contribution in [1.29, 1.82) is 0 Å². The lowest BCUT2D eigenvalue weighted by Crippen LogP contribution is -2.29. The number of nitrogens with zero attached hydrogens (tertiary/aromatic N) is 4. The molecule has 0 aromatic carbocycles. The van der Waals surface area contributed by atoms with Crippen molar-refractivity contribution in [2.24, 2.45) is 0 Å². The number of aryl methyl sites for hydroxylation is 2. The second-order valence-electron chi connectivity index (χ2n) is 6.11. The van der Waals surface area contributed by atoms with Crippen molar-refractivity contribution >= 4 is 27.3 Å². The first-order valence-electron chi connectivity index (χ1n) is 8.00. The van der Waals surface area contributed by atoms with Crippen molar-refractivity contribution in [3.8, 4) is 0 Å². The molecule has 1 aliphatic heterocycles. The molecule has 1 N–H and O–H groups in total. The summed E-state index contributed by atoms with van der Waals surface area (Å²) in [6.45, 7) is 3.72. The molecule has 2 aromatic heterocycles. The number of carbonyl (C=O) groups excluding carboxylic acids is 1. The van der Waals surface area contributed by atoms with Gasteiger partial charge in [-0.1, -0.05) is 0 Å². The molecule has 0 saturated heterocycles. The third-order valence-electron chi connectivity index (χ3n) is 3.97. The van der Waals surface area contributed by atoms with Crippen LogP contribution < -0.4 is 5.32 Å². The highest BCUT2D eigenvalue weighted by molar-refractivity contribution is 7.88. The zero-order valence-electron chi connectivity index (χ0n) is 14.2. The summed E-state index contributed by atoms with van der Waals surface area (Å²) in [5, 5.41) is 10.1. The van der Waals surface area contributed by atoms with E-state index in [4.69, 9.17) is 0 Å². The number of hydrogen-bond donors (Lipinski definition) is 1. The monoisotopic (exact) mass is 383 g/mol. The molecule has 0 fully saturated rings. The minimum Gasteiger partial charge on any atom is -0.350 e. The van der Waals surface area contributed by atoms with Gasteiger partial charge in [0.15, 0.2) is 0 Å². The van der Waals surface area contributed by atoms with E-state index in [0.29, 0.717) is 26.2 Å². The van der Waals surface area contributed by atoms with Gasteiger partial charge in [-0.3, -0.25) is 9.48 Å². The van der Waals surface area contributed by atoms with Crippen LogP contribution in [0, 0.1) is 6.92 Å². The fourth-order valence-electron chi connectivity index (χ4n) is 2.77. The van der Waals surface area contributed by atoms with Crippen LogP contribution in [0.15, 0.2) is 11.4 Å². The number of rotatable bonds is 5. The van der Waals surface area contributed by atoms with Crippen LogP contribution in [0.2, 0.25) is 0 Å². The number of hydrogen-bond acceptors (Lipinski definition) is 6. The van der Waals surface area contributed by atoms with Gasteiger partial charge >= 0.3 is 0 Å². The van der Waals surface area contributed by atoms with Gasteiger partial charge in [-0.2, -0.15) is 9.40 Å². The molecule has 0 radical (unpaired) electrons. The summed E-state index contributed by atoms with van der Waals surface area (Å²) in [4.78, 5) is 16.3. The molecule has 10 heteroatoms. The molecule has 136 valence electrons. The van der Waals surface area contributed by atoms with Crippen LogP contribution in [0.4, 0.5) is 0 Å². The second-order valence-corrected chi connectivity index (χ2v) is 9.16. The maximum atomic E-state index is 12.0. The summed E-state index contributed by atoms with van der Waals surface area (Å²) in [7, 11) is -3.22.